The topological polar surface area (TPSA) is 34.1 Å². The van der Waals surface area contributed by atoms with Gasteiger partial charge in [0.1, 0.15) is 0 Å². The van der Waals surface area contributed by atoms with Gasteiger partial charge in [0.05, 0.1) is 0 Å². The number of rotatable bonds is 0. The lowest BCUT2D eigenvalue weighted by Crippen LogP contribution is -2.20. The zero-order valence-electron chi connectivity index (χ0n) is 7.41. The summed E-state index contributed by atoms with van der Waals surface area (Å²) >= 11 is 0. The Morgan fingerprint density at radius 3 is 2.62 bits per heavy atom. The standard InChI is InChI=1S/C11H10O2/c1-7-3-2-4-8-9(12)5-6-10(13)11(7)8/h2-3,5-7H,4H2,1H3/t7-/m0/s1. The molecule has 0 spiro atoms. The minimum absolute atomic E-state index is 0.00792. The van der Waals surface area contributed by atoms with Crippen molar-refractivity contribution in [3.63, 3.8) is 0 Å². The normalized spacial score (nSPS) is 26.7. The van der Waals surface area contributed by atoms with Gasteiger partial charge in [-0.25, -0.2) is 0 Å². The summed E-state index contributed by atoms with van der Waals surface area (Å²) in [5, 5.41) is 0. The molecular formula is C11H10O2. The van der Waals surface area contributed by atoms with Gasteiger partial charge < -0.3 is 0 Å². The molecule has 66 valence electrons. The molecule has 1 atom stereocenters. The molecule has 0 aliphatic heterocycles. The van der Waals surface area contributed by atoms with E-state index in [9.17, 15) is 9.59 Å². The molecule has 0 bridgehead atoms. The Morgan fingerprint density at radius 1 is 1.23 bits per heavy atom. The van der Waals surface area contributed by atoms with Crippen LogP contribution in [0.25, 0.3) is 0 Å². The Labute approximate surface area is 76.6 Å². The van der Waals surface area contributed by atoms with Gasteiger partial charge in [0.15, 0.2) is 11.6 Å². The highest BCUT2D eigenvalue weighted by Crippen LogP contribution is 2.28. The van der Waals surface area contributed by atoms with Gasteiger partial charge in [0.2, 0.25) is 0 Å². The second kappa shape index (κ2) is 2.80. The molecule has 2 heteroatoms. The van der Waals surface area contributed by atoms with Crippen molar-refractivity contribution in [3.05, 3.63) is 35.5 Å². The number of hydrogen-bond donors (Lipinski definition) is 0. The first kappa shape index (κ1) is 8.17. The number of carbonyl (C=O) groups is 2. The number of allylic oxidation sites excluding steroid dienone is 6. The van der Waals surface area contributed by atoms with Gasteiger partial charge in [0.25, 0.3) is 0 Å². The third-order valence-corrected chi connectivity index (χ3v) is 2.48. The van der Waals surface area contributed by atoms with Crippen molar-refractivity contribution in [1.82, 2.24) is 0 Å². The SMILES string of the molecule is C[C@H]1C=CCC2=C1C(=O)C=CC2=O. The van der Waals surface area contributed by atoms with E-state index in [-0.39, 0.29) is 17.5 Å². The number of carbonyl (C=O) groups excluding carboxylic acids is 2. The van der Waals surface area contributed by atoms with Crippen LogP contribution >= 0.6 is 0 Å². The van der Waals surface area contributed by atoms with E-state index in [0.717, 1.165) is 0 Å². The highest BCUT2D eigenvalue weighted by molar-refractivity contribution is 6.20. The molecule has 2 aliphatic rings. The van der Waals surface area contributed by atoms with Gasteiger partial charge in [-0.1, -0.05) is 19.1 Å². The number of ketones is 2. The van der Waals surface area contributed by atoms with Gasteiger partial charge >= 0.3 is 0 Å². The predicted molar refractivity (Wildman–Crippen MR) is 49.1 cm³/mol. The molecule has 0 fully saturated rings. The van der Waals surface area contributed by atoms with Crippen LogP contribution < -0.4 is 0 Å². The quantitative estimate of drug-likeness (QED) is 0.413. The summed E-state index contributed by atoms with van der Waals surface area (Å²) in [4.78, 5) is 22.8. The first-order valence-corrected chi connectivity index (χ1v) is 4.36. The van der Waals surface area contributed by atoms with Crippen molar-refractivity contribution in [2.24, 2.45) is 5.92 Å². The van der Waals surface area contributed by atoms with Crippen LogP contribution in [0.3, 0.4) is 0 Å². The van der Waals surface area contributed by atoms with Crippen LogP contribution in [0.2, 0.25) is 0 Å². The zero-order valence-corrected chi connectivity index (χ0v) is 7.41. The van der Waals surface area contributed by atoms with Crippen molar-refractivity contribution in [3.8, 4) is 0 Å². The molecule has 0 aromatic carbocycles. The van der Waals surface area contributed by atoms with Crippen LogP contribution in [0.1, 0.15) is 13.3 Å². The largest absolute Gasteiger partial charge is 0.290 e. The summed E-state index contributed by atoms with van der Waals surface area (Å²) in [6.45, 7) is 1.94. The van der Waals surface area contributed by atoms with Gasteiger partial charge in [0, 0.05) is 17.1 Å². The van der Waals surface area contributed by atoms with Crippen molar-refractivity contribution in [2.45, 2.75) is 13.3 Å². The Bertz CT molecular complexity index is 370. The maximum atomic E-state index is 11.5. The summed E-state index contributed by atoms with van der Waals surface area (Å²) in [5.41, 5.74) is 1.37. The maximum absolute atomic E-state index is 11.5. The predicted octanol–water partition coefficient (Wildman–Crippen LogP) is 1.59. The molecule has 2 nitrogen and oxygen atoms in total. The minimum Gasteiger partial charge on any atom is -0.290 e. The van der Waals surface area contributed by atoms with Crippen molar-refractivity contribution in [1.29, 1.82) is 0 Å². The smallest absolute Gasteiger partial charge is 0.182 e. The Kier molecular flexibility index (Phi) is 1.76. The lowest BCUT2D eigenvalue weighted by molar-refractivity contribution is -0.115. The minimum atomic E-state index is -0.00852. The first-order chi connectivity index (χ1) is 6.20. The molecule has 2 aliphatic carbocycles. The van der Waals surface area contributed by atoms with Crippen molar-refractivity contribution in [2.75, 3.05) is 0 Å². The molecule has 0 saturated carbocycles. The Morgan fingerprint density at radius 2 is 1.92 bits per heavy atom. The van der Waals surface area contributed by atoms with Crippen LogP contribution in [-0.2, 0) is 9.59 Å². The molecule has 0 unspecified atom stereocenters. The lowest BCUT2D eigenvalue weighted by atomic mass is 9.82. The maximum Gasteiger partial charge on any atom is 0.182 e. The first-order valence-electron chi connectivity index (χ1n) is 4.36. The van der Waals surface area contributed by atoms with Crippen LogP contribution in [0.15, 0.2) is 35.5 Å². The number of hydrogen-bond acceptors (Lipinski definition) is 2. The Hall–Kier alpha value is -1.44. The second-order valence-corrected chi connectivity index (χ2v) is 3.38. The molecule has 13 heavy (non-hydrogen) atoms. The molecule has 0 aromatic rings. The van der Waals surface area contributed by atoms with E-state index in [4.69, 9.17) is 0 Å². The molecule has 0 heterocycles. The molecular weight excluding hydrogens is 164 g/mol. The molecule has 0 radical (unpaired) electrons. The van der Waals surface area contributed by atoms with Crippen molar-refractivity contribution >= 4 is 11.6 Å². The average molecular weight is 174 g/mol. The van der Waals surface area contributed by atoms with Gasteiger partial charge in [-0.3, -0.25) is 9.59 Å². The molecule has 0 N–H and O–H groups in total. The Balaban J connectivity index is 2.50. The van der Waals surface area contributed by atoms with E-state index in [2.05, 4.69) is 0 Å². The van der Waals surface area contributed by atoms with E-state index < -0.39 is 0 Å². The van der Waals surface area contributed by atoms with Crippen LogP contribution in [-0.4, -0.2) is 11.6 Å². The van der Waals surface area contributed by atoms with Crippen LogP contribution in [0.5, 0.6) is 0 Å². The molecule has 2 rings (SSSR count). The summed E-state index contributed by atoms with van der Waals surface area (Å²) in [5.74, 6) is 0.0717. The van der Waals surface area contributed by atoms with Crippen molar-refractivity contribution < 1.29 is 9.59 Å². The zero-order chi connectivity index (χ0) is 9.42. The third-order valence-electron chi connectivity index (χ3n) is 2.48. The monoisotopic (exact) mass is 174 g/mol. The lowest BCUT2D eigenvalue weighted by Gasteiger charge is -2.20. The highest BCUT2D eigenvalue weighted by Gasteiger charge is 2.26. The van der Waals surface area contributed by atoms with Crippen LogP contribution in [0.4, 0.5) is 0 Å². The van der Waals surface area contributed by atoms with Gasteiger partial charge in [-0.15, -0.1) is 0 Å². The van der Waals surface area contributed by atoms with Crippen LogP contribution in [0, 0.1) is 5.92 Å². The third kappa shape index (κ3) is 1.18. The summed E-state index contributed by atoms with van der Waals surface area (Å²) in [7, 11) is 0. The molecule has 0 amide bonds. The fourth-order valence-electron chi connectivity index (χ4n) is 1.82. The van der Waals surface area contributed by atoms with Gasteiger partial charge in [-0.2, -0.15) is 0 Å². The molecule has 0 aromatic heterocycles. The van der Waals surface area contributed by atoms with E-state index >= 15 is 0 Å². The van der Waals surface area contributed by atoms with E-state index in [0.29, 0.717) is 17.6 Å². The highest BCUT2D eigenvalue weighted by atomic mass is 16.1. The average Bonchev–Trinajstić information content (AvgIpc) is 2.12. The van der Waals surface area contributed by atoms with E-state index in [1.54, 1.807) is 0 Å². The summed E-state index contributed by atoms with van der Waals surface area (Å²) in [6, 6.07) is 0. The van der Waals surface area contributed by atoms with E-state index in [1.807, 2.05) is 19.1 Å². The summed E-state index contributed by atoms with van der Waals surface area (Å²) < 4.78 is 0. The fraction of sp³-hybridized carbons (Fsp3) is 0.273. The van der Waals surface area contributed by atoms with E-state index in [1.165, 1.54) is 12.2 Å². The second-order valence-electron chi connectivity index (χ2n) is 3.38. The fourth-order valence-corrected chi connectivity index (χ4v) is 1.82. The molecule has 0 saturated heterocycles. The van der Waals surface area contributed by atoms with Gasteiger partial charge in [-0.05, 0) is 18.6 Å². The summed E-state index contributed by atoms with van der Waals surface area (Å²) in [6.07, 6.45) is 7.27.